The highest BCUT2D eigenvalue weighted by Crippen LogP contribution is 2.18. The van der Waals surface area contributed by atoms with Crippen LogP contribution in [0.1, 0.15) is 18.3 Å². The number of fused-ring (bicyclic) bond motifs is 1. The van der Waals surface area contributed by atoms with Gasteiger partial charge in [-0.15, -0.1) is 0 Å². The van der Waals surface area contributed by atoms with Crippen molar-refractivity contribution in [1.29, 1.82) is 0 Å². The second-order valence-electron chi connectivity index (χ2n) is 5.60. The highest BCUT2D eigenvalue weighted by molar-refractivity contribution is 5.78. The summed E-state index contributed by atoms with van der Waals surface area (Å²) in [5, 5.41) is 2.86. The minimum atomic E-state index is -0.159. The molecule has 5 nitrogen and oxygen atoms in total. The van der Waals surface area contributed by atoms with Gasteiger partial charge in [-0.05, 0) is 30.2 Å². The second-order valence-corrected chi connectivity index (χ2v) is 5.60. The van der Waals surface area contributed by atoms with E-state index in [1.54, 1.807) is 0 Å². The number of nitrogens with zero attached hydrogens (tertiary/aromatic N) is 2. The number of carbonyl (C=O) groups excluding carboxylic acids is 1. The van der Waals surface area contributed by atoms with Gasteiger partial charge in [0.05, 0.1) is 17.6 Å². The van der Waals surface area contributed by atoms with Crippen molar-refractivity contribution in [2.45, 2.75) is 19.9 Å². The topological polar surface area (TPSA) is 56.1 Å². The van der Waals surface area contributed by atoms with E-state index in [2.05, 4.69) is 17.2 Å². The highest BCUT2D eigenvalue weighted by atomic mass is 16.5. The van der Waals surface area contributed by atoms with Crippen molar-refractivity contribution in [1.82, 2.24) is 14.9 Å². The molecule has 5 heteroatoms. The van der Waals surface area contributed by atoms with Gasteiger partial charge in [0.25, 0.3) is 5.91 Å². The van der Waals surface area contributed by atoms with Crippen LogP contribution in [0.3, 0.4) is 0 Å². The van der Waals surface area contributed by atoms with Crippen LogP contribution >= 0.6 is 0 Å². The van der Waals surface area contributed by atoms with E-state index in [1.165, 1.54) is 0 Å². The van der Waals surface area contributed by atoms with E-state index in [1.807, 2.05) is 60.1 Å². The minimum Gasteiger partial charge on any atom is -0.483 e. The summed E-state index contributed by atoms with van der Waals surface area (Å²) in [7, 11) is 1.95. The minimum absolute atomic E-state index is 0.000948. The van der Waals surface area contributed by atoms with Crippen molar-refractivity contribution in [3.8, 4) is 5.75 Å². The van der Waals surface area contributed by atoms with Gasteiger partial charge in [0.1, 0.15) is 11.6 Å². The molecule has 124 valence electrons. The SMILES string of the molecule is CCc1ccccc1OCC(=O)NCc1nc2ccccc2n1C. The van der Waals surface area contributed by atoms with Crippen molar-refractivity contribution in [3.63, 3.8) is 0 Å². The zero-order valence-corrected chi connectivity index (χ0v) is 14.0. The summed E-state index contributed by atoms with van der Waals surface area (Å²) in [6.45, 7) is 2.44. The monoisotopic (exact) mass is 323 g/mol. The summed E-state index contributed by atoms with van der Waals surface area (Å²) in [6, 6.07) is 15.7. The Balaban J connectivity index is 1.58. The van der Waals surface area contributed by atoms with Crippen LogP contribution in [0.2, 0.25) is 0 Å². The van der Waals surface area contributed by atoms with Crippen molar-refractivity contribution in [2.24, 2.45) is 7.05 Å². The molecule has 0 aliphatic heterocycles. The number of nitrogens with one attached hydrogen (secondary N) is 1. The lowest BCUT2D eigenvalue weighted by molar-refractivity contribution is -0.123. The van der Waals surface area contributed by atoms with Gasteiger partial charge in [-0.3, -0.25) is 4.79 Å². The van der Waals surface area contributed by atoms with E-state index >= 15 is 0 Å². The van der Waals surface area contributed by atoms with Crippen LogP contribution in [0.25, 0.3) is 11.0 Å². The van der Waals surface area contributed by atoms with Crippen LogP contribution in [0.4, 0.5) is 0 Å². The lowest BCUT2D eigenvalue weighted by Gasteiger charge is -2.10. The summed E-state index contributed by atoms with van der Waals surface area (Å²) < 4.78 is 7.62. The van der Waals surface area contributed by atoms with Crippen LogP contribution in [-0.4, -0.2) is 22.1 Å². The first-order chi connectivity index (χ1) is 11.7. The lowest BCUT2D eigenvalue weighted by atomic mass is 10.1. The molecule has 0 atom stereocenters. The fourth-order valence-corrected chi connectivity index (χ4v) is 2.66. The van der Waals surface area contributed by atoms with Gasteiger partial charge in [-0.25, -0.2) is 4.98 Å². The molecular formula is C19H21N3O2. The first-order valence-corrected chi connectivity index (χ1v) is 8.06. The number of benzene rings is 2. The number of rotatable bonds is 6. The quantitative estimate of drug-likeness (QED) is 0.759. The number of amides is 1. The standard InChI is InChI=1S/C19H21N3O2/c1-3-14-8-4-7-11-17(14)24-13-19(23)20-12-18-21-15-9-5-6-10-16(15)22(18)2/h4-11H,3,12-13H2,1-2H3,(H,20,23). The number of aryl methyl sites for hydroxylation is 2. The molecule has 1 N–H and O–H groups in total. The molecule has 1 amide bonds. The Morgan fingerprint density at radius 1 is 1.17 bits per heavy atom. The maximum Gasteiger partial charge on any atom is 0.258 e. The molecule has 0 aliphatic carbocycles. The number of hydrogen-bond acceptors (Lipinski definition) is 3. The Morgan fingerprint density at radius 3 is 2.71 bits per heavy atom. The molecule has 0 aliphatic rings. The summed E-state index contributed by atoms with van der Waals surface area (Å²) >= 11 is 0. The van der Waals surface area contributed by atoms with E-state index in [-0.39, 0.29) is 12.5 Å². The van der Waals surface area contributed by atoms with Gasteiger partial charge in [0.15, 0.2) is 6.61 Å². The number of ether oxygens (including phenoxy) is 1. The van der Waals surface area contributed by atoms with Gasteiger partial charge in [0, 0.05) is 7.05 Å². The molecule has 1 aromatic heterocycles. The first-order valence-electron chi connectivity index (χ1n) is 8.06. The Labute approximate surface area is 141 Å². The lowest BCUT2D eigenvalue weighted by Crippen LogP contribution is -2.29. The smallest absolute Gasteiger partial charge is 0.258 e. The van der Waals surface area contributed by atoms with E-state index in [0.29, 0.717) is 6.54 Å². The summed E-state index contributed by atoms with van der Waals surface area (Å²) in [6.07, 6.45) is 0.873. The molecule has 0 fully saturated rings. The van der Waals surface area contributed by atoms with E-state index in [9.17, 15) is 4.79 Å². The maximum absolute atomic E-state index is 12.0. The van der Waals surface area contributed by atoms with Gasteiger partial charge in [0.2, 0.25) is 0 Å². The van der Waals surface area contributed by atoms with Crippen LogP contribution in [0, 0.1) is 0 Å². The summed E-state index contributed by atoms with van der Waals surface area (Å²) in [5.41, 5.74) is 3.08. The highest BCUT2D eigenvalue weighted by Gasteiger charge is 2.09. The Hall–Kier alpha value is -2.82. The molecule has 1 heterocycles. The Kier molecular flexibility index (Phi) is 4.79. The summed E-state index contributed by atoms with van der Waals surface area (Å²) in [5.74, 6) is 1.42. The van der Waals surface area contributed by atoms with E-state index < -0.39 is 0 Å². The Bertz CT molecular complexity index is 855. The predicted molar refractivity (Wildman–Crippen MR) is 93.9 cm³/mol. The molecule has 0 saturated carbocycles. The predicted octanol–water partition coefficient (Wildman–Crippen LogP) is 2.83. The zero-order valence-electron chi connectivity index (χ0n) is 14.0. The Morgan fingerprint density at radius 2 is 1.92 bits per heavy atom. The van der Waals surface area contributed by atoms with E-state index in [0.717, 1.165) is 34.6 Å². The van der Waals surface area contributed by atoms with Crippen LogP contribution < -0.4 is 10.1 Å². The third-order valence-electron chi connectivity index (χ3n) is 4.04. The molecule has 24 heavy (non-hydrogen) atoms. The van der Waals surface area contributed by atoms with E-state index in [4.69, 9.17) is 4.74 Å². The molecule has 0 radical (unpaired) electrons. The van der Waals surface area contributed by atoms with Gasteiger partial charge in [-0.1, -0.05) is 37.3 Å². The summed E-state index contributed by atoms with van der Waals surface area (Å²) in [4.78, 5) is 16.6. The number of para-hydroxylation sites is 3. The number of aromatic nitrogens is 2. The van der Waals surface area contributed by atoms with Crippen molar-refractivity contribution in [3.05, 3.63) is 59.9 Å². The van der Waals surface area contributed by atoms with Gasteiger partial charge in [-0.2, -0.15) is 0 Å². The second kappa shape index (κ2) is 7.17. The van der Waals surface area contributed by atoms with Crippen LogP contribution in [-0.2, 0) is 24.8 Å². The molecule has 0 bridgehead atoms. The molecule has 2 aromatic carbocycles. The largest absolute Gasteiger partial charge is 0.483 e. The van der Waals surface area contributed by atoms with Gasteiger partial charge >= 0.3 is 0 Å². The normalized spacial score (nSPS) is 10.8. The third kappa shape index (κ3) is 3.40. The maximum atomic E-state index is 12.0. The van der Waals surface area contributed by atoms with Crippen molar-refractivity contribution in [2.75, 3.05) is 6.61 Å². The third-order valence-corrected chi connectivity index (χ3v) is 4.04. The first kappa shape index (κ1) is 16.1. The fraction of sp³-hybridized carbons (Fsp3) is 0.263. The molecular weight excluding hydrogens is 302 g/mol. The molecule has 3 rings (SSSR count). The van der Waals surface area contributed by atoms with Crippen molar-refractivity contribution >= 4 is 16.9 Å². The zero-order chi connectivity index (χ0) is 16.9. The molecule has 0 spiro atoms. The van der Waals surface area contributed by atoms with Crippen LogP contribution in [0.15, 0.2) is 48.5 Å². The fourth-order valence-electron chi connectivity index (χ4n) is 2.66. The van der Waals surface area contributed by atoms with Gasteiger partial charge < -0.3 is 14.6 Å². The number of carbonyl (C=O) groups is 1. The number of hydrogen-bond donors (Lipinski definition) is 1. The van der Waals surface area contributed by atoms with Crippen LogP contribution in [0.5, 0.6) is 5.75 Å². The number of imidazole rings is 1. The molecule has 0 unspecified atom stereocenters. The van der Waals surface area contributed by atoms with Crippen molar-refractivity contribution < 1.29 is 9.53 Å². The molecule has 3 aromatic rings. The molecule has 0 saturated heterocycles. The average molecular weight is 323 g/mol. The average Bonchev–Trinajstić information content (AvgIpc) is 2.94.